The molecule has 0 N–H and O–H groups in total. The lowest BCUT2D eigenvalue weighted by Gasteiger charge is -2.13. The van der Waals surface area contributed by atoms with E-state index in [1.165, 1.54) is 12.8 Å². The molecule has 0 aliphatic rings. The largest absolute Gasteiger partial charge is 0.464 e. The van der Waals surface area contributed by atoms with Crippen LogP contribution in [0.3, 0.4) is 0 Å². The van der Waals surface area contributed by atoms with E-state index in [9.17, 15) is 0 Å². The van der Waals surface area contributed by atoms with Crippen LogP contribution in [0.5, 0.6) is 17.4 Å². The second-order valence-electron chi connectivity index (χ2n) is 6.94. The zero-order valence-corrected chi connectivity index (χ0v) is 18.8. The number of pyridine rings is 1. The topological polar surface area (TPSA) is 44.2 Å². The average molecular weight is 437 g/mol. The average Bonchev–Trinajstić information content (AvgIpc) is 3.11. The van der Waals surface area contributed by atoms with Gasteiger partial charge >= 0.3 is 0 Å². The standard InChI is InChI=1S/C21H25ClN2O2S2/c1-4-5-6-7-18(27)26-17-11-8-14(12-23-17)25-16-10-9-15-20(19(16)22)28-21(24-15)13(2)3/h8-13,18,27H,4-7H2,1-3H3/t18-/m1/s1. The first-order valence-corrected chi connectivity index (χ1v) is 11.3. The van der Waals surface area contributed by atoms with Crippen LogP contribution in [0.15, 0.2) is 30.5 Å². The second-order valence-corrected chi connectivity index (χ2v) is 8.92. The van der Waals surface area contributed by atoms with E-state index in [1.54, 1.807) is 23.6 Å². The number of hydrogen-bond donors (Lipinski definition) is 1. The molecule has 0 spiro atoms. The minimum absolute atomic E-state index is 0.149. The molecule has 1 aromatic carbocycles. The lowest BCUT2D eigenvalue weighted by atomic mass is 10.2. The van der Waals surface area contributed by atoms with Crippen LogP contribution < -0.4 is 9.47 Å². The lowest BCUT2D eigenvalue weighted by Crippen LogP contribution is -2.09. The highest BCUT2D eigenvalue weighted by molar-refractivity contribution is 7.80. The predicted molar refractivity (Wildman–Crippen MR) is 121 cm³/mol. The number of aromatic nitrogens is 2. The lowest BCUT2D eigenvalue weighted by molar-refractivity contribution is 0.263. The van der Waals surface area contributed by atoms with Gasteiger partial charge in [0.2, 0.25) is 5.88 Å². The molecule has 7 heteroatoms. The number of hydrogen-bond acceptors (Lipinski definition) is 6. The summed E-state index contributed by atoms with van der Waals surface area (Å²) in [5.41, 5.74) is 0.750. The third-order valence-electron chi connectivity index (χ3n) is 4.22. The van der Waals surface area contributed by atoms with Crippen LogP contribution in [0.25, 0.3) is 10.2 Å². The second kappa shape index (κ2) is 9.81. The summed E-state index contributed by atoms with van der Waals surface area (Å²) >= 11 is 12.6. The van der Waals surface area contributed by atoms with Gasteiger partial charge in [0.1, 0.15) is 22.0 Å². The van der Waals surface area contributed by atoms with Gasteiger partial charge < -0.3 is 9.47 Å². The monoisotopic (exact) mass is 436 g/mol. The van der Waals surface area contributed by atoms with Crippen molar-refractivity contribution in [1.29, 1.82) is 0 Å². The number of nitrogens with zero attached hydrogens (tertiary/aromatic N) is 2. The fraction of sp³-hybridized carbons (Fsp3) is 0.429. The zero-order chi connectivity index (χ0) is 20.1. The first-order chi connectivity index (χ1) is 13.5. The van der Waals surface area contributed by atoms with Crippen molar-refractivity contribution in [1.82, 2.24) is 9.97 Å². The fourth-order valence-electron chi connectivity index (χ4n) is 2.68. The van der Waals surface area contributed by atoms with Crippen molar-refractivity contribution in [3.8, 4) is 17.4 Å². The summed E-state index contributed by atoms with van der Waals surface area (Å²) in [7, 11) is 0. The molecule has 0 radical (unpaired) electrons. The fourth-order valence-corrected chi connectivity index (χ4v) is 4.28. The SMILES string of the molecule is CCCCC[C@@H](S)Oc1ccc(Oc2ccc3nc(C(C)C)sc3c2Cl)cn1. The maximum absolute atomic E-state index is 6.56. The van der Waals surface area contributed by atoms with Crippen LogP contribution in [-0.4, -0.2) is 15.4 Å². The van der Waals surface area contributed by atoms with E-state index in [1.807, 2.05) is 18.2 Å². The molecule has 0 aliphatic heterocycles. The molecule has 0 saturated carbocycles. The predicted octanol–water partition coefficient (Wildman–Crippen LogP) is 7.48. The minimum atomic E-state index is -0.149. The van der Waals surface area contributed by atoms with Crippen molar-refractivity contribution in [3.63, 3.8) is 0 Å². The number of unbranched alkanes of at least 4 members (excludes halogenated alkanes) is 2. The van der Waals surface area contributed by atoms with Gasteiger partial charge in [-0.15, -0.1) is 24.0 Å². The van der Waals surface area contributed by atoms with Gasteiger partial charge in [-0.2, -0.15) is 0 Å². The van der Waals surface area contributed by atoms with E-state index in [0.29, 0.717) is 28.3 Å². The Morgan fingerprint density at radius 2 is 2.00 bits per heavy atom. The summed E-state index contributed by atoms with van der Waals surface area (Å²) in [4.78, 5) is 8.94. The molecule has 0 bridgehead atoms. The highest BCUT2D eigenvalue weighted by Gasteiger charge is 2.14. The summed E-state index contributed by atoms with van der Waals surface area (Å²) < 4.78 is 12.6. The van der Waals surface area contributed by atoms with Gasteiger partial charge in [0.05, 0.1) is 21.4 Å². The van der Waals surface area contributed by atoms with Gasteiger partial charge in [0, 0.05) is 12.0 Å². The highest BCUT2D eigenvalue weighted by atomic mass is 35.5. The number of benzene rings is 1. The smallest absolute Gasteiger partial charge is 0.214 e. The van der Waals surface area contributed by atoms with E-state index in [2.05, 4.69) is 43.4 Å². The maximum Gasteiger partial charge on any atom is 0.214 e. The number of thiol groups is 1. The maximum atomic E-state index is 6.56. The Morgan fingerprint density at radius 1 is 1.18 bits per heavy atom. The quantitative estimate of drug-likeness (QED) is 0.214. The number of halogens is 1. The number of rotatable bonds is 9. The number of fused-ring (bicyclic) bond motifs is 1. The summed E-state index contributed by atoms with van der Waals surface area (Å²) in [6.45, 7) is 6.42. The molecular formula is C21H25ClN2O2S2. The Kier molecular flexibility index (Phi) is 7.43. The molecule has 0 amide bonds. The molecule has 150 valence electrons. The van der Waals surface area contributed by atoms with E-state index < -0.39 is 0 Å². The summed E-state index contributed by atoms with van der Waals surface area (Å²) in [5.74, 6) is 2.10. The highest BCUT2D eigenvalue weighted by Crippen LogP contribution is 2.39. The zero-order valence-electron chi connectivity index (χ0n) is 16.3. The number of ether oxygens (including phenoxy) is 2. The van der Waals surface area contributed by atoms with Crippen LogP contribution in [0.2, 0.25) is 5.02 Å². The van der Waals surface area contributed by atoms with Crippen molar-refractivity contribution in [2.24, 2.45) is 0 Å². The molecule has 2 aromatic heterocycles. The molecule has 0 unspecified atom stereocenters. The summed E-state index contributed by atoms with van der Waals surface area (Å²) in [6, 6.07) is 7.39. The molecule has 4 nitrogen and oxygen atoms in total. The first-order valence-electron chi connectivity index (χ1n) is 9.55. The Bertz CT molecular complexity index is 913. The molecule has 1 atom stereocenters. The van der Waals surface area contributed by atoms with E-state index in [0.717, 1.165) is 28.1 Å². The summed E-state index contributed by atoms with van der Waals surface area (Å²) in [6.07, 6.45) is 6.00. The van der Waals surface area contributed by atoms with Crippen molar-refractivity contribution in [2.45, 2.75) is 57.8 Å². The van der Waals surface area contributed by atoms with Gasteiger partial charge in [-0.3, -0.25) is 0 Å². The van der Waals surface area contributed by atoms with E-state index in [-0.39, 0.29) is 5.44 Å². The normalized spacial score (nSPS) is 12.5. The molecule has 3 aromatic rings. The van der Waals surface area contributed by atoms with Crippen LogP contribution in [-0.2, 0) is 0 Å². The third-order valence-corrected chi connectivity index (χ3v) is 6.46. The van der Waals surface area contributed by atoms with Crippen molar-refractivity contribution >= 4 is 45.8 Å². The van der Waals surface area contributed by atoms with E-state index in [4.69, 9.17) is 21.1 Å². The van der Waals surface area contributed by atoms with Gasteiger partial charge in [-0.1, -0.05) is 45.2 Å². The Hall–Kier alpha value is -1.50. The van der Waals surface area contributed by atoms with E-state index >= 15 is 0 Å². The first kappa shape index (κ1) is 21.2. The Morgan fingerprint density at radius 3 is 2.68 bits per heavy atom. The molecule has 0 aliphatic carbocycles. The Labute approximate surface area is 180 Å². The van der Waals surface area contributed by atoms with Crippen molar-refractivity contribution < 1.29 is 9.47 Å². The molecule has 3 rings (SSSR count). The minimum Gasteiger partial charge on any atom is -0.464 e. The number of thiazole rings is 1. The molecule has 0 fully saturated rings. The summed E-state index contributed by atoms with van der Waals surface area (Å²) in [5, 5.41) is 1.64. The van der Waals surface area contributed by atoms with Crippen molar-refractivity contribution in [3.05, 3.63) is 40.5 Å². The third kappa shape index (κ3) is 5.31. The van der Waals surface area contributed by atoms with Crippen LogP contribution >= 0.6 is 35.6 Å². The van der Waals surface area contributed by atoms with Gasteiger partial charge in [0.15, 0.2) is 0 Å². The van der Waals surface area contributed by atoms with Crippen LogP contribution in [0, 0.1) is 0 Å². The molecule has 28 heavy (non-hydrogen) atoms. The molecule has 2 heterocycles. The van der Waals surface area contributed by atoms with Gasteiger partial charge in [0.25, 0.3) is 0 Å². The Balaban J connectivity index is 1.67. The van der Waals surface area contributed by atoms with Gasteiger partial charge in [-0.05, 0) is 31.0 Å². The van der Waals surface area contributed by atoms with Crippen molar-refractivity contribution in [2.75, 3.05) is 0 Å². The van der Waals surface area contributed by atoms with Crippen LogP contribution in [0.1, 0.15) is 57.4 Å². The van der Waals surface area contributed by atoms with Crippen LogP contribution in [0.4, 0.5) is 0 Å². The van der Waals surface area contributed by atoms with Gasteiger partial charge in [-0.25, -0.2) is 9.97 Å². The molecule has 0 saturated heterocycles. The molecular weight excluding hydrogens is 412 g/mol.